The molecular weight excluding hydrogens is 506 g/mol. The van der Waals surface area contributed by atoms with Gasteiger partial charge in [0.2, 0.25) is 5.78 Å². The smallest absolute Gasteiger partial charge is 0.339 e. The number of esters is 1. The molecule has 2 aromatic heterocycles. The van der Waals surface area contributed by atoms with E-state index in [9.17, 15) is 19.7 Å². The molecule has 1 N–H and O–H groups in total. The Bertz CT molecular complexity index is 1870. The molecule has 8 heteroatoms. The number of aromatic nitrogens is 2. The number of nitro groups is 1. The Hall–Kier alpha value is -5.11. The predicted octanol–water partition coefficient (Wildman–Crippen LogP) is 6.85. The molecule has 0 saturated heterocycles. The summed E-state index contributed by atoms with van der Waals surface area (Å²) < 4.78 is 5.66. The van der Waals surface area contributed by atoms with Gasteiger partial charge in [-0.1, -0.05) is 48.5 Å². The van der Waals surface area contributed by atoms with E-state index in [1.807, 2.05) is 67.6 Å². The SMILES string of the molecule is Cc1[nH]c2ccccc2c1C(=O)COC(=O)c1c2c(nc3ccccc13)/C(=C\c1cccc([N+](=O)[O-])c1)CCC2. The zero-order valence-corrected chi connectivity index (χ0v) is 21.8. The normalized spacial score (nSPS) is 13.9. The second kappa shape index (κ2) is 10.2. The molecule has 0 radical (unpaired) electrons. The van der Waals surface area contributed by atoms with Crippen LogP contribution < -0.4 is 0 Å². The van der Waals surface area contributed by atoms with Crippen molar-refractivity contribution in [2.45, 2.75) is 26.2 Å². The lowest BCUT2D eigenvalue weighted by atomic mass is 9.86. The van der Waals surface area contributed by atoms with E-state index in [4.69, 9.17) is 9.72 Å². The van der Waals surface area contributed by atoms with E-state index < -0.39 is 10.9 Å². The summed E-state index contributed by atoms with van der Waals surface area (Å²) in [6, 6.07) is 21.3. The number of Topliss-reactive ketones (excluding diaryl/α,β-unsaturated/α-hetero) is 1. The molecule has 3 aromatic carbocycles. The van der Waals surface area contributed by atoms with Gasteiger partial charge in [-0.15, -0.1) is 0 Å². The van der Waals surface area contributed by atoms with E-state index in [-0.39, 0.29) is 18.1 Å². The number of ketones is 1. The molecule has 0 fully saturated rings. The van der Waals surface area contributed by atoms with Gasteiger partial charge in [0.25, 0.3) is 5.69 Å². The van der Waals surface area contributed by atoms with E-state index in [1.54, 1.807) is 6.07 Å². The van der Waals surface area contributed by atoms with Crippen molar-refractivity contribution in [1.82, 2.24) is 9.97 Å². The Kier molecular flexibility index (Phi) is 6.43. The van der Waals surface area contributed by atoms with E-state index in [0.717, 1.165) is 34.2 Å². The van der Waals surface area contributed by atoms with Crippen molar-refractivity contribution in [3.05, 3.63) is 117 Å². The maximum atomic E-state index is 13.6. The standard InChI is InChI=1S/C32H25N3O5/c1-19-29(23-11-2-4-14-26(23)33-19)28(36)18-40-32(37)30-24-12-3-5-15-27(24)34-31-21(9-7-13-25(30)31)16-20-8-6-10-22(17-20)35(38)39/h2-6,8,10-12,14-17,33H,7,9,13,18H2,1H3/b21-16-. The van der Waals surface area contributed by atoms with Crippen LogP contribution in [-0.4, -0.2) is 33.3 Å². The fourth-order valence-corrected chi connectivity index (χ4v) is 5.55. The van der Waals surface area contributed by atoms with E-state index in [2.05, 4.69) is 4.98 Å². The molecule has 0 unspecified atom stereocenters. The molecule has 8 nitrogen and oxygen atoms in total. The lowest BCUT2D eigenvalue weighted by Crippen LogP contribution is -2.19. The molecule has 0 spiro atoms. The number of para-hydroxylation sites is 2. The molecule has 0 aliphatic heterocycles. The van der Waals surface area contributed by atoms with Crippen molar-refractivity contribution in [2.75, 3.05) is 6.61 Å². The van der Waals surface area contributed by atoms with Crippen LogP contribution in [0.5, 0.6) is 0 Å². The first kappa shape index (κ1) is 25.2. The molecule has 0 bridgehead atoms. The average molecular weight is 532 g/mol. The van der Waals surface area contributed by atoms with Gasteiger partial charge >= 0.3 is 5.97 Å². The van der Waals surface area contributed by atoms with Gasteiger partial charge in [0.1, 0.15) is 0 Å². The molecule has 1 aliphatic carbocycles. The molecule has 6 rings (SSSR count). The lowest BCUT2D eigenvalue weighted by Gasteiger charge is -2.22. The summed E-state index contributed by atoms with van der Waals surface area (Å²) >= 11 is 0. The highest BCUT2D eigenvalue weighted by Crippen LogP contribution is 2.37. The number of pyridine rings is 1. The zero-order valence-electron chi connectivity index (χ0n) is 21.8. The minimum atomic E-state index is -0.572. The van der Waals surface area contributed by atoms with Crippen molar-refractivity contribution in [1.29, 1.82) is 0 Å². The highest BCUT2D eigenvalue weighted by Gasteiger charge is 2.27. The summed E-state index contributed by atoms with van der Waals surface area (Å²) in [5.74, 6) is -0.848. The van der Waals surface area contributed by atoms with Crippen molar-refractivity contribution in [3.63, 3.8) is 0 Å². The number of hydrogen-bond donors (Lipinski definition) is 1. The summed E-state index contributed by atoms with van der Waals surface area (Å²) in [5.41, 5.74) is 6.19. The number of nitrogens with zero attached hydrogens (tertiary/aromatic N) is 2. The molecule has 0 amide bonds. The number of ether oxygens (including phenoxy) is 1. The van der Waals surface area contributed by atoms with E-state index in [1.165, 1.54) is 12.1 Å². The summed E-state index contributed by atoms with van der Waals surface area (Å²) in [6.07, 6.45) is 4.01. The molecule has 1 aliphatic rings. The van der Waals surface area contributed by atoms with Crippen LogP contribution in [0.2, 0.25) is 0 Å². The van der Waals surface area contributed by atoms with Crippen LogP contribution >= 0.6 is 0 Å². The summed E-state index contributed by atoms with van der Waals surface area (Å²) in [7, 11) is 0. The first-order valence-electron chi connectivity index (χ1n) is 13.1. The fraction of sp³-hybridized carbons (Fsp3) is 0.156. The Morgan fingerprint density at radius 1 is 1.00 bits per heavy atom. The summed E-state index contributed by atoms with van der Waals surface area (Å²) in [6.45, 7) is 1.44. The quantitative estimate of drug-likeness (QED) is 0.111. The molecule has 0 atom stereocenters. The van der Waals surface area contributed by atoms with Crippen LogP contribution in [-0.2, 0) is 11.2 Å². The van der Waals surface area contributed by atoms with Crippen LogP contribution in [0, 0.1) is 17.0 Å². The van der Waals surface area contributed by atoms with Gasteiger partial charge in [-0.2, -0.15) is 0 Å². The van der Waals surface area contributed by atoms with E-state index >= 15 is 0 Å². The second-order valence-electron chi connectivity index (χ2n) is 9.88. The number of carbonyl (C=O) groups is 2. The summed E-state index contributed by atoms with van der Waals surface area (Å²) in [4.78, 5) is 45.8. The number of H-pyrrole nitrogens is 1. The number of hydrogen-bond acceptors (Lipinski definition) is 6. The molecule has 5 aromatic rings. The predicted molar refractivity (Wildman–Crippen MR) is 153 cm³/mol. The number of rotatable bonds is 6. The third kappa shape index (κ3) is 4.53. The van der Waals surface area contributed by atoms with Crippen LogP contribution in [0.4, 0.5) is 5.69 Å². The van der Waals surface area contributed by atoms with Crippen molar-refractivity contribution in [2.24, 2.45) is 0 Å². The Morgan fingerprint density at radius 3 is 2.60 bits per heavy atom. The first-order chi connectivity index (χ1) is 19.4. The highest BCUT2D eigenvalue weighted by atomic mass is 16.6. The van der Waals surface area contributed by atoms with Gasteiger partial charge in [0, 0.05) is 39.7 Å². The largest absolute Gasteiger partial charge is 0.454 e. The number of nitrogens with one attached hydrogen (secondary N) is 1. The lowest BCUT2D eigenvalue weighted by molar-refractivity contribution is -0.384. The van der Waals surface area contributed by atoms with Crippen LogP contribution in [0.15, 0.2) is 72.8 Å². The topological polar surface area (TPSA) is 115 Å². The number of benzene rings is 3. The number of non-ortho nitro benzene ring substituents is 1. The number of fused-ring (bicyclic) bond motifs is 3. The second-order valence-corrected chi connectivity index (χ2v) is 9.88. The number of allylic oxidation sites excluding steroid dienone is 1. The van der Waals surface area contributed by atoms with Crippen LogP contribution in [0.1, 0.15) is 56.1 Å². The van der Waals surface area contributed by atoms with Gasteiger partial charge in [-0.3, -0.25) is 14.9 Å². The molecule has 40 heavy (non-hydrogen) atoms. The van der Waals surface area contributed by atoms with Crippen molar-refractivity contribution < 1.29 is 19.2 Å². The van der Waals surface area contributed by atoms with Gasteiger partial charge < -0.3 is 9.72 Å². The third-order valence-corrected chi connectivity index (χ3v) is 7.30. The van der Waals surface area contributed by atoms with Gasteiger partial charge in [-0.05, 0) is 61.1 Å². The third-order valence-electron chi connectivity index (χ3n) is 7.30. The monoisotopic (exact) mass is 531 g/mol. The first-order valence-corrected chi connectivity index (χ1v) is 13.1. The van der Waals surface area contributed by atoms with Gasteiger partial charge in [-0.25, -0.2) is 9.78 Å². The van der Waals surface area contributed by atoms with Crippen LogP contribution in [0.25, 0.3) is 33.5 Å². The van der Waals surface area contributed by atoms with Gasteiger partial charge in [0.05, 0.1) is 21.7 Å². The van der Waals surface area contributed by atoms with Crippen molar-refractivity contribution >= 4 is 50.9 Å². The fourth-order valence-electron chi connectivity index (χ4n) is 5.55. The van der Waals surface area contributed by atoms with E-state index in [0.29, 0.717) is 46.1 Å². The molecule has 198 valence electrons. The highest BCUT2D eigenvalue weighted by molar-refractivity contribution is 6.11. The number of aryl methyl sites for hydroxylation is 1. The molecule has 0 saturated carbocycles. The Balaban J connectivity index is 1.37. The van der Waals surface area contributed by atoms with Gasteiger partial charge in [0.15, 0.2) is 6.61 Å². The summed E-state index contributed by atoms with van der Waals surface area (Å²) in [5, 5.41) is 12.7. The maximum Gasteiger partial charge on any atom is 0.339 e. The number of nitro benzene ring substituents is 1. The minimum absolute atomic E-state index is 0.0104. The van der Waals surface area contributed by atoms with Crippen molar-refractivity contribution in [3.8, 4) is 0 Å². The average Bonchev–Trinajstić information content (AvgIpc) is 3.30. The number of aromatic amines is 1. The molecular formula is C32H25N3O5. The Morgan fingerprint density at radius 2 is 1.77 bits per heavy atom. The molecule has 2 heterocycles. The zero-order chi connectivity index (χ0) is 27.8. The minimum Gasteiger partial charge on any atom is -0.454 e. The van der Waals surface area contributed by atoms with Crippen LogP contribution in [0.3, 0.4) is 0 Å². The number of carbonyl (C=O) groups excluding carboxylic acids is 2. The Labute approximate surface area is 229 Å². The maximum absolute atomic E-state index is 13.6.